The number of hydrogen-bond donors (Lipinski definition) is 0. The van der Waals surface area contributed by atoms with E-state index in [9.17, 15) is 0 Å². The Bertz CT molecular complexity index is 1030. The second-order valence-corrected chi connectivity index (χ2v) is 6.08. The first-order chi connectivity index (χ1) is 12.1. The predicted octanol–water partition coefficient (Wildman–Crippen LogP) is 3.44. The molecule has 3 heterocycles. The van der Waals surface area contributed by atoms with E-state index in [0.29, 0.717) is 11.6 Å². The molecule has 0 amide bonds. The maximum Gasteiger partial charge on any atom is 0.164 e. The van der Waals surface area contributed by atoms with E-state index in [-0.39, 0.29) is 0 Å². The zero-order chi connectivity index (χ0) is 17.4. The minimum Gasteiger partial charge on any atom is -0.222 e. The fraction of sp³-hybridized carbons (Fsp3) is 0.158. The predicted molar refractivity (Wildman–Crippen MR) is 95.9 cm³/mol. The summed E-state index contributed by atoms with van der Waals surface area (Å²) >= 11 is 0. The molecule has 6 nitrogen and oxygen atoms in total. The Morgan fingerprint density at radius 1 is 0.880 bits per heavy atom. The lowest BCUT2D eigenvalue weighted by Gasteiger charge is -2.09. The standard InChI is InChI=1S/C19H18N6/c1-13-11-20-24(12-13)17-10-18(25-15(3)9-14(2)23-25)22-19(21-17)16-7-5-4-6-8-16/h4-12H,1-3H3. The summed E-state index contributed by atoms with van der Waals surface area (Å²) in [6, 6.07) is 13.9. The fourth-order valence-corrected chi connectivity index (χ4v) is 2.76. The average Bonchev–Trinajstić information content (AvgIpc) is 3.20. The van der Waals surface area contributed by atoms with Crippen molar-refractivity contribution in [2.45, 2.75) is 20.8 Å². The molecule has 0 saturated heterocycles. The Kier molecular flexibility index (Phi) is 3.65. The zero-order valence-electron chi connectivity index (χ0n) is 14.4. The van der Waals surface area contributed by atoms with Gasteiger partial charge < -0.3 is 0 Å². The monoisotopic (exact) mass is 330 g/mol. The first-order valence-electron chi connectivity index (χ1n) is 8.10. The Balaban J connectivity index is 1.93. The summed E-state index contributed by atoms with van der Waals surface area (Å²) in [5.41, 5.74) is 4.01. The summed E-state index contributed by atoms with van der Waals surface area (Å²) in [7, 11) is 0. The molecular formula is C19H18N6. The highest BCUT2D eigenvalue weighted by atomic mass is 15.3. The molecule has 0 saturated carbocycles. The number of benzene rings is 1. The summed E-state index contributed by atoms with van der Waals surface area (Å²) in [6.07, 6.45) is 3.76. The van der Waals surface area contributed by atoms with Crippen LogP contribution in [0.25, 0.3) is 23.0 Å². The summed E-state index contributed by atoms with van der Waals surface area (Å²) in [5.74, 6) is 2.08. The Labute approximate surface area is 145 Å². The maximum atomic E-state index is 4.73. The van der Waals surface area contributed by atoms with Gasteiger partial charge in [0.05, 0.1) is 11.9 Å². The van der Waals surface area contributed by atoms with E-state index in [4.69, 9.17) is 9.97 Å². The number of hydrogen-bond acceptors (Lipinski definition) is 4. The largest absolute Gasteiger partial charge is 0.222 e. The second kappa shape index (κ2) is 5.98. The van der Waals surface area contributed by atoms with Crippen LogP contribution in [-0.2, 0) is 0 Å². The highest BCUT2D eigenvalue weighted by Crippen LogP contribution is 2.20. The van der Waals surface area contributed by atoms with Gasteiger partial charge in [0.1, 0.15) is 0 Å². The van der Waals surface area contributed by atoms with E-state index >= 15 is 0 Å². The van der Waals surface area contributed by atoms with Crippen LogP contribution in [0.15, 0.2) is 54.9 Å². The van der Waals surface area contributed by atoms with E-state index in [1.54, 1.807) is 4.68 Å². The highest BCUT2D eigenvalue weighted by Gasteiger charge is 2.12. The van der Waals surface area contributed by atoms with Gasteiger partial charge in [-0.3, -0.25) is 0 Å². The van der Waals surface area contributed by atoms with Gasteiger partial charge in [-0.15, -0.1) is 0 Å². The normalized spacial score (nSPS) is 11.0. The maximum absolute atomic E-state index is 4.73. The quantitative estimate of drug-likeness (QED) is 0.577. The van der Waals surface area contributed by atoms with Crippen molar-refractivity contribution in [1.29, 1.82) is 0 Å². The summed E-state index contributed by atoms with van der Waals surface area (Å²) in [6.45, 7) is 5.99. The minimum atomic E-state index is 0.647. The molecule has 0 unspecified atom stereocenters. The zero-order valence-corrected chi connectivity index (χ0v) is 14.4. The molecule has 0 spiro atoms. The van der Waals surface area contributed by atoms with E-state index in [1.807, 2.05) is 80.3 Å². The molecule has 3 aromatic heterocycles. The van der Waals surface area contributed by atoms with Crippen LogP contribution in [0.3, 0.4) is 0 Å². The topological polar surface area (TPSA) is 61.4 Å². The molecule has 0 atom stereocenters. The molecule has 0 N–H and O–H groups in total. The second-order valence-electron chi connectivity index (χ2n) is 6.08. The Morgan fingerprint density at radius 3 is 2.28 bits per heavy atom. The lowest BCUT2D eigenvalue weighted by molar-refractivity contribution is 0.784. The van der Waals surface area contributed by atoms with Crippen LogP contribution in [0.2, 0.25) is 0 Å². The molecule has 0 aliphatic rings. The number of aromatic nitrogens is 6. The van der Waals surface area contributed by atoms with Crippen LogP contribution < -0.4 is 0 Å². The van der Waals surface area contributed by atoms with E-state index in [0.717, 1.165) is 28.3 Å². The van der Waals surface area contributed by atoms with E-state index in [1.165, 1.54) is 0 Å². The molecular weight excluding hydrogens is 312 g/mol. The van der Waals surface area contributed by atoms with E-state index in [2.05, 4.69) is 10.2 Å². The van der Waals surface area contributed by atoms with Gasteiger partial charge in [0.25, 0.3) is 0 Å². The van der Waals surface area contributed by atoms with Crippen LogP contribution in [-0.4, -0.2) is 29.5 Å². The van der Waals surface area contributed by atoms with Crippen molar-refractivity contribution in [1.82, 2.24) is 29.5 Å². The molecule has 0 aliphatic heterocycles. The van der Waals surface area contributed by atoms with Gasteiger partial charge in [0.15, 0.2) is 17.5 Å². The molecule has 4 rings (SSSR count). The number of nitrogens with zero attached hydrogens (tertiary/aromatic N) is 6. The summed E-state index contributed by atoms with van der Waals surface area (Å²) < 4.78 is 3.60. The van der Waals surface area contributed by atoms with Gasteiger partial charge in [0.2, 0.25) is 0 Å². The van der Waals surface area contributed by atoms with Crippen molar-refractivity contribution >= 4 is 0 Å². The van der Waals surface area contributed by atoms with Crippen LogP contribution in [0, 0.1) is 20.8 Å². The van der Waals surface area contributed by atoms with Gasteiger partial charge in [-0.1, -0.05) is 30.3 Å². The Morgan fingerprint density at radius 2 is 1.64 bits per heavy atom. The first-order valence-corrected chi connectivity index (χ1v) is 8.10. The average molecular weight is 330 g/mol. The molecule has 6 heteroatoms. The smallest absolute Gasteiger partial charge is 0.164 e. The molecule has 1 aromatic carbocycles. The third kappa shape index (κ3) is 2.94. The Hall–Kier alpha value is -3.28. The van der Waals surface area contributed by atoms with Crippen molar-refractivity contribution < 1.29 is 0 Å². The van der Waals surface area contributed by atoms with Gasteiger partial charge in [0, 0.05) is 23.5 Å². The van der Waals surface area contributed by atoms with Crippen LogP contribution >= 0.6 is 0 Å². The van der Waals surface area contributed by atoms with Gasteiger partial charge in [-0.25, -0.2) is 19.3 Å². The number of rotatable bonds is 3. The van der Waals surface area contributed by atoms with Crippen molar-refractivity contribution in [2.24, 2.45) is 0 Å². The number of aryl methyl sites for hydroxylation is 3. The van der Waals surface area contributed by atoms with Crippen LogP contribution in [0.1, 0.15) is 17.0 Å². The first kappa shape index (κ1) is 15.3. The van der Waals surface area contributed by atoms with Gasteiger partial charge >= 0.3 is 0 Å². The molecule has 4 aromatic rings. The van der Waals surface area contributed by atoms with Crippen molar-refractivity contribution in [3.63, 3.8) is 0 Å². The minimum absolute atomic E-state index is 0.647. The SMILES string of the molecule is Cc1cnn(-c2cc(-n3nc(C)cc3C)nc(-c3ccccc3)n2)c1. The molecule has 0 aliphatic carbocycles. The molecule has 0 fully saturated rings. The fourth-order valence-electron chi connectivity index (χ4n) is 2.76. The van der Waals surface area contributed by atoms with Crippen LogP contribution in [0.4, 0.5) is 0 Å². The van der Waals surface area contributed by atoms with Crippen LogP contribution in [0.5, 0.6) is 0 Å². The third-order valence-corrected chi connectivity index (χ3v) is 3.90. The van der Waals surface area contributed by atoms with E-state index < -0.39 is 0 Å². The lowest BCUT2D eigenvalue weighted by Crippen LogP contribution is -2.08. The summed E-state index contributed by atoms with van der Waals surface area (Å²) in [5, 5.41) is 8.93. The molecule has 0 bridgehead atoms. The van der Waals surface area contributed by atoms with Gasteiger partial charge in [-0.05, 0) is 32.4 Å². The molecule has 124 valence electrons. The highest BCUT2D eigenvalue weighted by molar-refractivity contribution is 5.57. The van der Waals surface area contributed by atoms with Crippen molar-refractivity contribution in [3.8, 4) is 23.0 Å². The van der Waals surface area contributed by atoms with Crippen molar-refractivity contribution in [2.75, 3.05) is 0 Å². The molecule has 25 heavy (non-hydrogen) atoms. The third-order valence-electron chi connectivity index (χ3n) is 3.90. The molecule has 0 radical (unpaired) electrons. The van der Waals surface area contributed by atoms with Crippen molar-refractivity contribution in [3.05, 3.63) is 71.8 Å². The summed E-state index contributed by atoms with van der Waals surface area (Å²) in [4.78, 5) is 9.43. The van der Waals surface area contributed by atoms with Gasteiger partial charge in [-0.2, -0.15) is 10.2 Å². The lowest BCUT2D eigenvalue weighted by atomic mass is 10.2.